The molecule has 6 nitrogen and oxygen atoms in total. The lowest BCUT2D eigenvalue weighted by atomic mass is 10.2. The fraction of sp³-hybridized carbons (Fsp3) is 0.438. The van der Waals surface area contributed by atoms with E-state index in [0.29, 0.717) is 12.1 Å². The van der Waals surface area contributed by atoms with Crippen LogP contribution in [0.2, 0.25) is 0 Å². The van der Waals surface area contributed by atoms with Gasteiger partial charge in [0.1, 0.15) is 6.04 Å². The Morgan fingerprint density at radius 1 is 1.22 bits per heavy atom. The lowest BCUT2D eigenvalue weighted by Crippen LogP contribution is -2.46. The maximum absolute atomic E-state index is 11.8. The highest BCUT2D eigenvalue weighted by atomic mass is 32.2. The van der Waals surface area contributed by atoms with Crippen LogP contribution in [-0.2, 0) is 14.3 Å². The van der Waals surface area contributed by atoms with Crippen molar-refractivity contribution < 1.29 is 19.1 Å². The minimum absolute atomic E-state index is 0.265. The molecule has 1 aromatic rings. The molecule has 0 spiro atoms. The zero-order valence-electron chi connectivity index (χ0n) is 13.5. The van der Waals surface area contributed by atoms with Crippen molar-refractivity contribution in [3.8, 4) is 0 Å². The van der Waals surface area contributed by atoms with Crippen molar-refractivity contribution in [1.82, 2.24) is 10.6 Å². The average Bonchev–Trinajstić information content (AvgIpc) is 2.57. The molecule has 2 N–H and O–H groups in total. The number of rotatable bonds is 8. The summed E-state index contributed by atoms with van der Waals surface area (Å²) in [5.74, 6) is -1.35. The summed E-state index contributed by atoms with van der Waals surface area (Å²) in [5.41, 5.74) is 0.379. The molecule has 126 valence electrons. The lowest BCUT2D eigenvalue weighted by Gasteiger charge is -2.13. The predicted octanol–water partition coefficient (Wildman–Crippen LogP) is 1.60. The Bertz CT molecular complexity index is 546. The first kappa shape index (κ1) is 19.0. The van der Waals surface area contributed by atoms with Crippen LogP contribution in [0.5, 0.6) is 0 Å². The second-order valence-electron chi connectivity index (χ2n) is 4.88. The molecule has 0 heterocycles. The van der Waals surface area contributed by atoms with E-state index in [2.05, 4.69) is 10.6 Å². The number of benzene rings is 1. The number of nitrogens with one attached hydrogen (secondary N) is 2. The Labute approximate surface area is 140 Å². The van der Waals surface area contributed by atoms with Crippen molar-refractivity contribution in [3.05, 3.63) is 29.8 Å². The van der Waals surface area contributed by atoms with Crippen LogP contribution in [0.1, 0.15) is 30.6 Å². The van der Waals surface area contributed by atoms with Crippen LogP contribution < -0.4 is 10.6 Å². The molecule has 0 aliphatic heterocycles. The molecule has 1 aromatic carbocycles. The first-order valence-electron chi connectivity index (χ1n) is 7.36. The van der Waals surface area contributed by atoms with E-state index in [4.69, 9.17) is 4.74 Å². The molecule has 0 radical (unpaired) electrons. The van der Waals surface area contributed by atoms with Crippen LogP contribution >= 0.6 is 11.8 Å². The molecule has 1 rings (SSSR count). The van der Waals surface area contributed by atoms with Gasteiger partial charge in [0.2, 0.25) is 5.91 Å². The van der Waals surface area contributed by atoms with Crippen LogP contribution in [0.4, 0.5) is 0 Å². The van der Waals surface area contributed by atoms with Crippen LogP contribution in [0.25, 0.3) is 0 Å². The fourth-order valence-corrected chi connectivity index (χ4v) is 2.10. The van der Waals surface area contributed by atoms with Crippen molar-refractivity contribution >= 4 is 29.5 Å². The third-order valence-corrected chi connectivity index (χ3v) is 3.72. The SMILES string of the molecule is CCCNC(=O)[C@@H](C)NC(=O)COC(=O)c1ccc(SC)cc1. The van der Waals surface area contributed by atoms with Gasteiger partial charge in [-0.05, 0) is 43.9 Å². The molecule has 0 saturated heterocycles. The van der Waals surface area contributed by atoms with E-state index in [0.717, 1.165) is 11.3 Å². The van der Waals surface area contributed by atoms with Gasteiger partial charge >= 0.3 is 5.97 Å². The normalized spacial score (nSPS) is 11.4. The number of thioether (sulfide) groups is 1. The molecule has 23 heavy (non-hydrogen) atoms. The van der Waals surface area contributed by atoms with E-state index in [1.807, 2.05) is 25.3 Å². The molecule has 0 aliphatic carbocycles. The third kappa shape index (κ3) is 6.73. The number of amides is 2. The van der Waals surface area contributed by atoms with Gasteiger partial charge in [0, 0.05) is 11.4 Å². The van der Waals surface area contributed by atoms with Gasteiger partial charge < -0.3 is 15.4 Å². The number of carbonyl (C=O) groups is 3. The van der Waals surface area contributed by atoms with Gasteiger partial charge in [0.05, 0.1) is 5.56 Å². The van der Waals surface area contributed by atoms with Gasteiger partial charge in [-0.25, -0.2) is 4.79 Å². The fourth-order valence-electron chi connectivity index (χ4n) is 1.69. The summed E-state index contributed by atoms with van der Waals surface area (Å²) < 4.78 is 4.94. The maximum atomic E-state index is 11.8. The first-order chi connectivity index (χ1) is 11.0. The molecule has 0 aliphatic rings. The van der Waals surface area contributed by atoms with E-state index < -0.39 is 24.5 Å². The Kier molecular flexibility index (Phi) is 8.18. The molecular formula is C16H22N2O4S. The molecule has 7 heteroatoms. The van der Waals surface area contributed by atoms with Crippen LogP contribution in [0.3, 0.4) is 0 Å². The third-order valence-electron chi connectivity index (χ3n) is 2.98. The summed E-state index contributed by atoms with van der Waals surface area (Å²) in [6.45, 7) is 3.65. The highest BCUT2D eigenvalue weighted by Crippen LogP contribution is 2.15. The van der Waals surface area contributed by atoms with Crippen molar-refractivity contribution in [2.45, 2.75) is 31.2 Å². The molecule has 0 unspecified atom stereocenters. The smallest absolute Gasteiger partial charge is 0.338 e. The second-order valence-corrected chi connectivity index (χ2v) is 5.76. The zero-order valence-corrected chi connectivity index (χ0v) is 14.4. The van der Waals surface area contributed by atoms with Crippen molar-refractivity contribution in [1.29, 1.82) is 0 Å². The van der Waals surface area contributed by atoms with E-state index in [1.54, 1.807) is 30.8 Å². The van der Waals surface area contributed by atoms with Gasteiger partial charge in [-0.2, -0.15) is 0 Å². The van der Waals surface area contributed by atoms with Crippen LogP contribution in [0.15, 0.2) is 29.2 Å². The molecular weight excluding hydrogens is 316 g/mol. The number of hydrogen-bond acceptors (Lipinski definition) is 5. The van der Waals surface area contributed by atoms with Crippen molar-refractivity contribution in [3.63, 3.8) is 0 Å². The largest absolute Gasteiger partial charge is 0.452 e. The summed E-state index contributed by atoms with van der Waals surface area (Å²) in [6.07, 6.45) is 2.76. The molecule has 0 saturated carbocycles. The molecule has 0 fully saturated rings. The zero-order chi connectivity index (χ0) is 17.2. The summed E-state index contributed by atoms with van der Waals surface area (Å²) in [6, 6.07) is 6.23. The van der Waals surface area contributed by atoms with Crippen molar-refractivity contribution in [2.24, 2.45) is 0 Å². The van der Waals surface area contributed by atoms with E-state index in [-0.39, 0.29) is 5.91 Å². The van der Waals surface area contributed by atoms with Gasteiger partial charge in [-0.3, -0.25) is 9.59 Å². The van der Waals surface area contributed by atoms with Crippen LogP contribution in [-0.4, -0.2) is 43.2 Å². The Hall–Kier alpha value is -2.02. The predicted molar refractivity (Wildman–Crippen MR) is 89.4 cm³/mol. The summed E-state index contributed by atoms with van der Waals surface area (Å²) in [4.78, 5) is 36.2. The summed E-state index contributed by atoms with van der Waals surface area (Å²) >= 11 is 1.57. The number of carbonyl (C=O) groups excluding carboxylic acids is 3. The highest BCUT2D eigenvalue weighted by molar-refractivity contribution is 7.98. The highest BCUT2D eigenvalue weighted by Gasteiger charge is 2.16. The molecule has 0 bridgehead atoms. The van der Waals surface area contributed by atoms with Gasteiger partial charge in [0.15, 0.2) is 6.61 Å². The monoisotopic (exact) mass is 338 g/mol. The van der Waals surface area contributed by atoms with Gasteiger partial charge in [-0.1, -0.05) is 6.92 Å². The quantitative estimate of drug-likeness (QED) is 0.555. The first-order valence-corrected chi connectivity index (χ1v) is 8.58. The molecule has 1 atom stereocenters. The minimum atomic E-state index is -0.673. The summed E-state index contributed by atoms with van der Waals surface area (Å²) in [7, 11) is 0. The van der Waals surface area contributed by atoms with E-state index in [9.17, 15) is 14.4 Å². The number of hydrogen-bond donors (Lipinski definition) is 2. The Morgan fingerprint density at radius 2 is 1.87 bits per heavy atom. The van der Waals surface area contributed by atoms with Gasteiger partial charge in [-0.15, -0.1) is 11.8 Å². The second kappa shape index (κ2) is 9.89. The van der Waals surface area contributed by atoms with Crippen LogP contribution in [0, 0.1) is 0 Å². The Morgan fingerprint density at radius 3 is 2.43 bits per heavy atom. The number of esters is 1. The summed E-state index contributed by atoms with van der Waals surface area (Å²) in [5, 5.41) is 5.16. The van der Waals surface area contributed by atoms with E-state index in [1.165, 1.54) is 0 Å². The van der Waals surface area contributed by atoms with E-state index >= 15 is 0 Å². The maximum Gasteiger partial charge on any atom is 0.338 e. The number of ether oxygens (including phenoxy) is 1. The lowest BCUT2D eigenvalue weighted by molar-refractivity contribution is -0.130. The standard InChI is InChI=1S/C16H22N2O4S/c1-4-9-17-15(20)11(2)18-14(19)10-22-16(21)12-5-7-13(23-3)8-6-12/h5-8,11H,4,9-10H2,1-3H3,(H,17,20)(H,18,19)/t11-/m1/s1. The minimum Gasteiger partial charge on any atom is -0.452 e. The topological polar surface area (TPSA) is 84.5 Å². The Balaban J connectivity index is 2.39. The average molecular weight is 338 g/mol. The molecule has 2 amide bonds. The van der Waals surface area contributed by atoms with Crippen molar-refractivity contribution in [2.75, 3.05) is 19.4 Å². The molecule has 0 aromatic heterocycles. The van der Waals surface area contributed by atoms with Gasteiger partial charge in [0.25, 0.3) is 5.91 Å².